The molecule has 0 aliphatic carbocycles. The largest absolute Gasteiger partial charge is 0.378 e. The highest BCUT2D eigenvalue weighted by Crippen LogP contribution is 2.22. The van der Waals surface area contributed by atoms with Gasteiger partial charge in [-0.2, -0.15) is 0 Å². The number of hydrogen-bond acceptors (Lipinski definition) is 7. The topological polar surface area (TPSA) is 101 Å². The Labute approximate surface area is 151 Å². The van der Waals surface area contributed by atoms with Crippen molar-refractivity contribution in [2.24, 2.45) is 0 Å². The molecule has 0 saturated carbocycles. The Morgan fingerprint density at radius 2 is 1.92 bits per heavy atom. The highest BCUT2D eigenvalue weighted by Gasteiger charge is 2.21. The average molecular weight is 370 g/mol. The van der Waals surface area contributed by atoms with Crippen LogP contribution in [0.4, 0.5) is 10.7 Å². The summed E-state index contributed by atoms with van der Waals surface area (Å²) in [5, 5.41) is 14.1. The van der Waals surface area contributed by atoms with Crippen LogP contribution in [0.1, 0.15) is 27.7 Å². The Kier molecular flexibility index (Phi) is 6.65. The summed E-state index contributed by atoms with van der Waals surface area (Å²) in [7, 11) is 0. The van der Waals surface area contributed by atoms with Gasteiger partial charge in [0.1, 0.15) is 0 Å². The number of rotatable bonds is 5. The number of urea groups is 1. The van der Waals surface area contributed by atoms with Crippen molar-refractivity contribution >= 4 is 29.6 Å². The fourth-order valence-corrected chi connectivity index (χ4v) is 3.12. The number of hydrogen-bond donors (Lipinski definition) is 2. The second kappa shape index (κ2) is 8.52. The number of nitrogens with zero attached hydrogens (tertiary/aromatic N) is 4. The molecule has 1 aliphatic rings. The molecular weight excluding hydrogens is 344 g/mol. The minimum absolute atomic E-state index is 0.0960. The number of amides is 3. The van der Waals surface area contributed by atoms with E-state index in [1.165, 1.54) is 11.8 Å². The van der Waals surface area contributed by atoms with Gasteiger partial charge in [-0.05, 0) is 27.7 Å². The standard InChI is InChI=1S/C15H26N6O3S/c1-5-21-13(20-6-8-24-9-7-20)18-19-14(21)25-10-11(22)16-12(23)17-15(2,3)4/h5-10H2,1-4H3,(H2,16,17,22,23). The number of anilines is 1. The van der Waals surface area contributed by atoms with E-state index in [1.807, 2.05) is 32.3 Å². The van der Waals surface area contributed by atoms with Gasteiger partial charge < -0.3 is 15.0 Å². The van der Waals surface area contributed by atoms with Gasteiger partial charge in [0.15, 0.2) is 5.16 Å². The first-order chi connectivity index (χ1) is 11.8. The van der Waals surface area contributed by atoms with Crippen molar-refractivity contribution in [3.8, 4) is 0 Å². The summed E-state index contributed by atoms with van der Waals surface area (Å²) in [4.78, 5) is 25.8. The summed E-state index contributed by atoms with van der Waals surface area (Å²) in [6.45, 7) is 11.2. The third-order valence-corrected chi connectivity index (χ3v) is 4.35. The lowest BCUT2D eigenvalue weighted by Gasteiger charge is -2.27. The van der Waals surface area contributed by atoms with E-state index in [-0.39, 0.29) is 11.7 Å². The number of thioether (sulfide) groups is 1. The maximum atomic E-state index is 11.9. The molecule has 1 fully saturated rings. The quantitative estimate of drug-likeness (QED) is 0.741. The lowest BCUT2D eigenvalue weighted by Crippen LogP contribution is -2.48. The Morgan fingerprint density at radius 3 is 2.52 bits per heavy atom. The summed E-state index contributed by atoms with van der Waals surface area (Å²) >= 11 is 1.26. The predicted molar refractivity (Wildman–Crippen MR) is 95.9 cm³/mol. The van der Waals surface area contributed by atoms with Gasteiger partial charge >= 0.3 is 6.03 Å². The molecule has 9 nitrogen and oxygen atoms in total. The summed E-state index contributed by atoms with van der Waals surface area (Å²) in [6.07, 6.45) is 0. The van der Waals surface area contributed by atoms with E-state index < -0.39 is 11.6 Å². The molecule has 2 rings (SSSR count). The monoisotopic (exact) mass is 370 g/mol. The van der Waals surface area contributed by atoms with Crippen LogP contribution in [0.5, 0.6) is 0 Å². The molecular formula is C15H26N6O3S. The number of carbonyl (C=O) groups excluding carboxylic acids is 2. The van der Waals surface area contributed by atoms with Crippen LogP contribution in [0, 0.1) is 0 Å². The lowest BCUT2D eigenvalue weighted by atomic mass is 10.1. The second-order valence-electron chi connectivity index (χ2n) is 6.67. The van der Waals surface area contributed by atoms with E-state index in [1.54, 1.807) is 0 Å². The number of carbonyl (C=O) groups is 2. The summed E-state index contributed by atoms with van der Waals surface area (Å²) < 4.78 is 7.33. The van der Waals surface area contributed by atoms with Crippen LogP contribution < -0.4 is 15.5 Å². The van der Waals surface area contributed by atoms with Crippen LogP contribution in [0.15, 0.2) is 5.16 Å². The molecule has 0 unspecified atom stereocenters. The van der Waals surface area contributed by atoms with Gasteiger partial charge in [-0.3, -0.25) is 14.7 Å². The van der Waals surface area contributed by atoms with Gasteiger partial charge in [0.05, 0.1) is 19.0 Å². The number of ether oxygens (including phenoxy) is 1. The molecule has 2 heterocycles. The lowest BCUT2D eigenvalue weighted by molar-refractivity contribution is -0.117. The van der Waals surface area contributed by atoms with E-state index in [0.29, 0.717) is 24.9 Å². The van der Waals surface area contributed by atoms with Crippen molar-refractivity contribution in [3.63, 3.8) is 0 Å². The molecule has 0 aromatic carbocycles. The number of morpholine rings is 1. The maximum Gasteiger partial charge on any atom is 0.321 e. The molecule has 0 radical (unpaired) electrons. The van der Waals surface area contributed by atoms with Crippen molar-refractivity contribution in [2.75, 3.05) is 37.0 Å². The van der Waals surface area contributed by atoms with Crippen LogP contribution in [0.25, 0.3) is 0 Å². The van der Waals surface area contributed by atoms with Crippen LogP contribution >= 0.6 is 11.8 Å². The van der Waals surface area contributed by atoms with Crippen LogP contribution in [-0.2, 0) is 16.1 Å². The van der Waals surface area contributed by atoms with E-state index in [9.17, 15) is 9.59 Å². The van der Waals surface area contributed by atoms with Crippen molar-refractivity contribution < 1.29 is 14.3 Å². The van der Waals surface area contributed by atoms with E-state index in [2.05, 4.69) is 25.7 Å². The van der Waals surface area contributed by atoms with Gasteiger partial charge in [0.25, 0.3) is 0 Å². The van der Waals surface area contributed by atoms with E-state index in [0.717, 1.165) is 19.0 Å². The normalized spacial score (nSPS) is 15.1. The zero-order chi connectivity index (χ0) is 18.4. The second-order valence-corrected chi connectivity index (χ2v) is 7.61. The first-order valence-corrected chi connectivity index (χ1v) is 9.29. The summed E-state index contributed by atoms with van der Waals surface area (Å²) in [5.74, 6) is 0.517. The fourth-order valence-electron chi connectivity index (χ4n) is 2.33. The molecule has 1 aromatic rings. The zero-order valence-electron chi connectivity index (χ0n) is 15.2. The molecule has 2 N–H and O–H groups in total. The molecule has 1 aromatic heterocycles. The van der Waals surface area contributed by atoms with Gasteiger partial charge in [-0.25, -0.2) is 4.79 Å². The van der Waals surface area contributed by atoms with Gasteiger partial charge in [0, 0.05) is 25.2 Å². The van der Waals surface area contributed by atoms with Gasteiger partial charge in [-0.1, -0.05) is 11.8 Å². The van der Waals surface area contributed by atoms with Gasteiger partial charge in [0.2, 0.25) is 11.9 Å². The minimum atomic E-state index is -0.496. The molecule has 1 saturated heterocycles. The maximum absolute atomic E-state index is 11.9. The molecule has 0 atom stereocenters. The zero-order valence-corrected chi connectivity index (χ0v) is 16.0. The smallest absolute Gasteiger partial charge is 0.321 e. The number of nitrogens with one attached hydrogen (secondary N) is 2. The van der Waals surface area contributed by atoms with E-state index in [4.69, 9.17) is 4.74 Å². The highest BCUT2D eigenvalue weighted by molar-refractivity contribution is 7.99. The number of aromatic nitrogens is 3. The molecule has 0 bridgehead atoms. The average Bonchev–Trinajstić information content (AvgIpc) is 2.94. The molecule has 25 heavy (non-hydrogen) atoms. The minimum Gasteiger partial charge on any atom is -0.378 e. The van der Waals surface area contributed by atoms with Crippen molar-refractivity contribution in [1.82, 2.24) is 25.4 Å². The molecule has 1 aliphatic heterocycles. The fraction of sp³-hybridized carbons (Fsp3) is 0.733. The third kappa shape index (κ3) is 5.89. The number of imide groups is 1. The summed E-state index contributed by atoms with van der Waals surface area (Å²) in [5.41, 5.74) is -0.396. The molecule has 3 amide bonds. The van der Waals surface area contributed by atoms with Crippen molar-refractivity contribution in [3.05, 3.63) is 0 Å². The first-order valence-electron chi connectivity index (χ1n) is 8.31. The summed E-state index contributed by atoms with van der Waals surface area (Å²) in [6, 6.07) is -0.496. The SMILES string of the molecule is CCn1c(SCC(=O)NC(=O)NC(C)(C)C)nnc1N1CCOCC1. The Hall–Kier alpha value is -1.81. The molecule has 0 spiro atoms. The van der Waals surface area contributed by atoms with Crippen LogP contribution in [0.3, 0.4) is 0 Å². The Bertz CT molecular complexity index is 607. The van der Waals surface area contributed by atoms with Crippen LogP contribution in [0.2, 0.25) is 0 Å². The predicted octanol–water partition coefficient (Wildman–Crippen LogP) is 0.851. The third-order valence-electron chi connectivity index (χ3n) is 3.38. The van der Waals surface area contributed by atoms with Crippen molar-refractivity contribution in [2.45, 2.75) is 44.9 Å². The molecule has 140 valence electrons. The highest BCUT2D eigenvalue weighted by atomic mass is 32.2. The van der Waals surface area contributed by atoms with Crippen molar-refractivity contribution in [1.29, 1.82) is 0 Å². The van der Waals surface area contributed by atoms with Gasteiger partial charge in [-0.15, -0.1) is 10.2 Å². The Balaban J connectivity index is 1.91. The van der Waals surface area contributed by atoms with Crippen LogP contribution in [-0.4, -0.2) is 64.3 Å². The molecule has 10 heteroatoms. The first kappa shape index (κ1) is 19.5. The van der Waals surface area contributed by atoms with E-state index >= 15 is 0 Å². The Morgan fingerprint density at radius 1 is 1.24 bits per heavy atom.